The number of H-pyrrole nitrogens is 1. The molecule has 0 amide bonds. The molecular formula is C18H17N3O. The number of anilines is 1. The Hall–Kier alpha value is -2.62. The van der Waals surface area contributed by atoms with Crippen molar-refractivity contribution >= 4 is 16.6 Å². The number of para-hydroxylation sites is 2. The van der Waals surface area contributed by atoms with Crippen molar-refractivity contribution in [3.8, 4) is 0 Å². The summed E-state index contributed by atoms with van der Waals surface area (Å²) in [7, 11) is 0. The zero-order chi connectivity index (χ0) is 15.1. The topological polar surface area (TPSA) is 49.0 Å². The molecule has 0 radical (unpaired) electrons. The van der Waals surface area contributed by atoms with Crippen LogP contribution in [0.4, 0.5) is 5.69 Å². The summed E-state index contributed by atoms with van der Waals surface area (Å²) in [6.07, 6.45) is 1.04. The summed E-state index contributed by atoms with van der Waals surface area (Å²) in [6, 6.07) is 16.3. The predicted molar refractivity (Wildman–Crippen MR) is 88.2 cm³/mol. The number of rotatable bonds is 2. The molecule has 4 nitrogen and oxygen atoms in total. The molecule has 110 valence electrons. The Labute approximate surface area is 128 Å². The third-order valence-corrected chi connectivity index (χ3v) is 4.33. The van der Waals surface area contributed by atoms with E-state index in [2.05, 4.69) is 46.1 Å². The highest BCUT2D eigenvalue weighted by Crippen LogP contribution is 2.32. The van der Waals surface area contributed by atoms with E-state index >= 15 is 0 Å². The lowest BCUT2D eigenvalue weighted by Gasteiger charge is -2.24. The molecule has 1 atom stereocenters. The van der Waals surface area contributed by atoms with Crippen molar-refractivity contribution in [1.82, 2.24) is 9.97 Å². The molecule has 0 spiro atoms. The highest BCUT2D eigenvalue weighted by atomic mass is 16.1. The lowest BCUT2D eigenvalue weighted by Crippen LogP contribution is -2.30. The van der Waals surface area contributed by atoms with Gasteiger partial charge in [-0.15, -0.1) is 0 Å². The lowest BCUT2D eigenvalue weighted by atomic mass is 10.1. The Morgan fingerprint density at radius 3 is 2.86 bits per heavy atom. The molecule has 3 aromatic rings. The Kier molecular flexibility index (Phi) is 2.96. The van der Waals surface area contributed by atoms with Crippen LogP contribution in [-0.4, -0.2) is 16.0 Å². The van der Waals surface area contributed by atoms with Crippen LogP contribution in [0.1, 0.15) is 18.3 Å². The van der Waals surface area contributed by atoms with Crippen molar-refractivity contribution < 1.29 is 0 Å². The van der Waals surface area contributed by atoms with E-state index in [-0.39, 0.29) is 5.56 Å². The fraction of sp³-hybridized carbons (Fsp3) is 0.222. The van der Waals surface area contributed by atoms with E-state index < -0.39 is 0 Å². The van der Waals surface area contributed by atoms with Gasteiger partial charge in [-0.1, -0.05) is 30.3 Å². The number of hydrogen-bond donors (Lipinski definition) is 1. The van der Waals surface area contributed by atoms with Crippen LogP contribution in [0.2, 0.25) is 0 Å². The molecular weight excluding hydrogens is 274 g/mol. The first kappa shape index (κ1) is 13.1. The first-order chi connectivity index (χ1) is 10.7. The zero-order valence-electron chi connectivity index (χ0n) is 12.4. The predicted octanol–water partition coefficient (Wildman–Crippen LogP) is 2.87. The first-order valence-corrected chi connectivity index (χ1v) is 7.55. The maximum atomic E-state index is 12.2. The average Bonchev–Trinajstić information content (AvgIpc) is 2.84. The Balaban J connectivity index is 1.74. The van der Waals surface area contributed by atoms with Crippen LogP contribution in [0.3, 0.4) is 0 Å². The van der Waals surface area contributed by atoms with Crippen LogP contribution in [0.25, 0.3) is 10.9 Å². The highest BCUT2D eigenvalue weighted by molar-refractivity contribution is 5.77. The van der Waals surface area contributed by atoms with Crippen LogP contribution in [0.15, 0.2) is 53.3 Å². The molecule has 0 aliphatic carbocycles. The van der Waals surface area contributed by atoms with Gasteiger partial charge in [-0.05, 0) is 37.1 Å². The van der Waals surface area contributed by atoms with Crippen LogP contribution in [0.5, 0.6) is 0 Å². The summed E-state index contributed by atoms with van der Waals surface area (Å²) in [4.78, 5) is 22.0. The smallest absolute Gasteiger partial charge is 0.258 e. The Bertz CT molecular complexity index is 900. The largest absolute Gasteiger partial charge is 0.361 e. The molecule has 0 saturated heterocycles. The van der Waals surface area contributed by atoms with Gasteiger partial charge in [0.1, 0.15) is 5.82 Å². The summed E-state index contributed by atoms with van der Waals surface area (Å²) in [5, 5.41) is 0.640. The number of nitrogens with one attached hydrogen (secondary N) is 1. The van der Waals surface area contributed by atoms with Gasteiger partial charge in [0, 0.05) is 11.7 Å². The standard InChI is InChI=1S/C18H17N3O/c1-12-10-13-6-2-5-9-16(13)21(12)11-17-19-15-8-4-3-7-14(15)18(22)20-17/h2-9,12H,10-11H2,1H3,(H,19,20,22)/t12-/m0/s1. The molecule has 1 aliphatic rings. The number of aromatic nitrogens is 2. The van der Waals surface area contributed by atoms with Crippen molar-refractivity contribution in [3.05, 3.63) is 70.3 Å². The summed E-state index contributed by atoms with van der Waals surface area (Å²) in [5.74, 6) is 0.715. The van der Waals surface area contributed by atoms with Crippen molar-refractivity contribution in [1.29, 1.82) is 0 Å². The van der Waals surface area contributed by atoms with E-state index in [0.717, 1.165) is 11.9 Å². The minimum atomic E-state index is -0.0688. The summed E-state index contributed by atoms with van der Waals surface area (Å²) in [6.45, 7) is 2.83. The monoisotopic (exact) mass is 291 g/mol. The first-order valence-electron chi connectivity index (χ1n) is 7.55. The normalized spacial score (nSPS) is 17.0. The average molecular weight is 291 g/mol. The van der Waals surface area contributed by atoms with Crippen molar-refractivity contribution in [3.63, 3.8) is 0 Å². The summed E-state index contributed by atoms with van der Waals surface area (Å²) < 4.78 is 0. The molecule has 0 saturated carbocycles. The number of fused-ring (bicyclic) bond motifs is 2. The quantitative estimate of drug-likeness (QED) is 0.790. The molecule has 2 aromatic carbocycles. The number of hydrogen-bond acceptors (Lipinski definition) is 3. The number of nitrogens with zero attached hydrogens (tertiary/aromatic N) is 2. The fourth-order valence-electron chi connectivity index (χ4n) is 3.24. The van der Waals surface area contributed by atoms with E-state index in [4.69, 9.17) is 0 Å². The molecule has 0 unspecified atom stereocenters. The van der Waals surface area contributed by atoms with Gasteiger partial charge in [0.2, 0.25) is 0 Å². The third kappa shape index (κ3) is 2.08. The minimum Gasteiger partial charge on any atom is -0.361 e. The SMILES string of the molecule is C[C@H]1Cc2ccccc2N1Cc1nc2ccccc2c(=O)[nH]1. The molecule has 0 bridgehead atoms. The second-order valence-electron chi connectivity index (χ2n) is 5.84. The Morgan fingerprint density at radius 1 is 1.18 bits per heavy atom. The van der Waals surface area contributed by atoms with Crippen LogP contribution >= 0.6 is 0 Å². The maximum absolute atomic E-state index is 12.2. The summed E-state index contributed by atoms with van der Waals surface area (Å²) in [5.41, 5.74) is 3.28. The van der Waals surface area contributed by atoms with Gasteiger partial charge in [0.05, 0.1) is 17.4 Å². The van der Waals surface area contributed by atoms with Crippen LogP contribution in [0, 0.1) is 0 Å². The molecule has 0 fully saturated rings. The van der Waals surface area contributed by atoms with Gasteiger partial charge in [-0.25, -0.2) is 4.98 Å². The molecule has 4 rings (SSSR count). The van der Waals surface area contributed by atoms with Crippen LogP contribution in [-0.2, 0) is 13.0 Å². The van der Waals surface area contributed by atoms with E-state index in [1.54, 1.807) is 6.07 Å². The van der Waals surface area contributed by atoms with E-state index in [0.29, 0.717) is 23.8 Å². The van der Waals surface area contributed by atoms with Gasteiger partial charge in [0.25, 0.3) is 5.56 Å². The molecule has 1 N–H and O–H groups in total. The van der Waals surface area contributed by atoms with Crippen molar-refractivity contribution in [2.45, 2.75) is 25.9 Å². The van der Waals surface area contributed by atoms with E-state index in [1.165, 1.54) is 11.3 Å². The van der Waals surface area contributed by atoms with E-state index in [9.17, 15) is 4.79 Å². The zero-order valence-corrected chi connectivity index (χ0v) is 12.4. The number of benzene rings is 2. The van der Waals surface area contributed by atoms with Gasteiger partial charge in [-0.2, -0.15) is 0 Å². The second kappa shape index (κ2) is 4.98. The molecule has 22 heavy (non-hydrogen) atoms. The van der Waals surface area contributed by atoms with Gasteiger partial charge in [-0.3, -0.25) is 4.79 Å². The molecule has 1 aromatic heterocycles. The maximum Gasteiger partial charge on any atom is 0.258 e. The van der Waals surface area contributed by atoms with Gasteiger partial charge >= 0.3 is 0 Å². The molecule has 2 heterocycles. The lowest BCUT2D eigenvalue weighted by molar-refractivity contribution is 0.655. The van der Waals surface area contributed by atoms with Gasteiger partial charge < -0.3 is 9.88 Å². The summed E-state index contributed by atoms with van der Waals surface area (Å²) >= 11 is 0. The number of aromatic amines is 1. The van der Waals surface area contributed by atoms with Crippen molar-refractivity contribution in [2.24, 2.45) is 0 Å². The molecule has 1 aliphatic heterocycles. The minimum absolute atomic E-state index is 0.0688. The van der Waals surface area contributed by atoms with Crippen LogP contribution < -0.4 is 10.5 Å². The molecule has 4 heteroatoms. The fourth-order valence-corrected chi connectivity index (χ4v) is 3.24. The highest BCUT2D eigenvalue weighted by Gasteiger charge is 2.26. The second-order valence-corrected chi connectivity index (χ2v) is 5.84. The third-order valence-electron chi connectivity index (χ3n) is 4.33. The Morgan fingerprint density at radius 2 is 1.95 bits per heavy atom. The van der Waals surface area contributed by atoms with Crippen molar-refractivity contribution in [2.75, 3.05) is 4.90 Å². The van der Waals surface area contributed by atoms with E-state index in [1.807, 2.05) is 18.2 Å². The van der Waals surface area contributed by atoms with Gasteiger partial charge in [0.15, 0.2) is 0 Å².